The van der Waals surface area contributed by atoms with Gasteiger partial charge in [-0.2, -0.15) is 0 Å². The van der Waals surface area contributed by atoms with E-state index in [1.807, 2.05) is 0 Å². The van der Waals surface area contributed by atoms with Crippen molar-refractivity contribution < 1.29 is 9.53 Å². The molecule has 1 saturated carbocycles. The summed E-state index contributed by atoms with van der Waals surface area (Å²) in [5.74, 6) is 0.814. The molecular weight excluding hydrogens is 228 g/mol. The Morgan fingerprint density at radius 3 is 3.06 bits per heavy atom. The first-order chi connectivity index (χ1) is 7.72. The maximum absolute atomic E-state index is 11.5. The minimum atomic E-state index is 0.0869. The first-order valence-corrected chi connectivity index (χ1v) is 5.55. The second-order valence-corrected chi connectivity index (χ2v) is 4.17. The number of aromatic nitrogens is 1. The van der Waals surface area contributed by atoms with Crippen LogP contribution in [0.15, 0.2) is 12.3 Å². The minimum Gasteiger partial charge on any atom is -0.493 e. The lowest BCUT2D eigenvalue weighted by Crippen LogP contribution is -2.24. The molecule has 1 heterocycles. The van der Waals surface area contributed by atoms with E-state index in [0.717, 1.165) is 12.8 Å². The molecule has 0 saturated heterocycles. The average Bonchev–Trinajstić information content (AvgIpc) is 3.09. The second-order valence-electron chi connectivity index (χ2n) is 3.76. The molecule has 2 rings (SSSR count). The number of hydrogen-bond acceptors (Lipinski definition) is 3. The van der Waals surface area contributed by atoms with Crippen molar-refractivity contribution in [3.05, 3.63) is 23.0 Å². The third-order valence-corrected chi connectivity index (χ3v) is 2.81. The predicted octanol–water partition coefficient (Wildman–Crippen LogP) is 1.77. The van der Waals surface area contributed by atoms with E-state index in [2.05, 4.69) is 10.3 Å². The van der Waals surface area contributed by atoms with Crippen molar-refractivity contribution in [3.8, 4) is 5.75 Å². The number of nitrogens with one attached hydrogen (secondary N) is 1. The van der Waals surface area contributed by atoms with Crippen molar-refractivity contribution in [3.63, 3.8) is 0 Å². The molecule has 0 atom stereocenters. The van der Waals surface area contributed by atoms with Gasteiger partial charge in [0.05, 0.1) is 18.7 Å². The number of ether oxygens (including phenoxy) is 1. The van der Waals surface area contributed by atoms with Gasteiger partial charge in [0.15, 0.2) is 5.75 Å². The van der Waals surface area contributed by atoms with Crippen molar-refractivity contribution in [2.24, 2.45) is 5.92 Å². The summed E-state index contributed by atoms with van der Waals surface area (Å²) in [7, 11) is 1.54. The molecule has 1 fully saturated rings. The Kier molecular flexibility index (Phi) is 3.29. The Hall–Kier alpha value is -1.29. The lowest BCUT2D eigenvalue weighted by Gasteiger charge is -2.09. The van der Waals surface area contributed by atoms with Gasteiger partial charge >= 0.3 is 0 Å². The fourth-order valence-electron chi connectivity index (χ4n) is 1.47. The van der Waals surface area contributed by atoms with E-state index < -0.39 is 0 Å². The topological polar surface area (TPSA) is 51.2 Å². The quantitative estimate of drug-likeness (QED) is 0.873. The van der Waals surface area contributed by atoms with E-state index in [1.165, 1.54) is 7.11 Å². The molecule has 1 amide bonds. The first-order valence-electron chi connectivity index (χ1n) is 5.17. The Bertz CT molecular complexity index is 405. The van der Waals surface area contributed by atoms with Gasteiger partial charge in [-0.15, -0.1) is 0 Å². The highest BCUT2D eigenvalue weighted by Crippen LogP contribution is 2.29. The van der Waals surface area contributed by atoms with E-state index in [9.17, 15) is 4.79 Å². The summed E-state index contributed by atoms with van der Waals surface area (Å²) in [6.45, 7) is 0.360. The Morgan fingerprint density at radius 1 is 1.69 bits per heavy atom. The summed E-state index contributed by atoms with van der Waals surface area (Å²) >= 11 is 5.94. The van der Waals surface area contributed by atoms with E-state index in [4.69, 9.17) is 16.3 Å². The Labute approximate surface area is 99.0 Å². The van der Waals surface area contributed by atoms with Crippen LogP contribution in [-0.2, 0) is 11.3 Å². The highest BCUT2D eigenvalue weighted by atomic mass is 35.5. The minimum absolute atomic E-state index is 0.0869. The fraction of sp³-hybridized carbons (Fsp3) is 0.455. The molecule has 0 bridgehead atoms. The number of carbonyl (C=O) groups excluding carboxylic acids is 1. The molecule has 4 nitrogen and oxygen atoms in total. The molecule has 0 unspecified atom stereocenters. The monoisotopic (exact) mass is 240 g/mol. The molecule has 0 aromatic carbocycles. The molecule has 1 N–H and O–H groups in total. The Morgan fingerprint density at radius 2 is 2.44 bits per heavy atom. The van der Waals surface area contributed by atoms with E-state index in [-0.39, 0.29) is 11.8 Å². The van der Waals surface area contributed by atoms with Crippen molar-refractivity contribution in [1.29, 1.82) is 0 Å². The van der Waals surface area contributed by atoms with Crippen LogP contribution >= 0.6 is 11.6 Å². The van der Waals surface area contributed by atoms with Crippen molar-refractivity contribution >= 4 is 17.5 Å². The first kappa shape index (κ1) is 11.2. The fourth-order valence-corrected chi connectivity index (χ4v) is 1.71. The van der Waals surface area contributed by atoms with Gasteiger partial charge in [-0.1, -0.05) is 11.6 Å². The van der Waals surface area contributed by atoms with Crippen LogP contribution in [0, 0.1) is 5.92 Å². The van der Waals surface area contributed by atoms with Crippen LogP contribution in [0.25, 0.3) is 0 Å². The molecule has 1 aromatic rings. The summed E-state index contributed by atoms with van der Waals surface area (Å²) in [4.78, 5) is 15.6. The van der Waals surface area contributed by atoms with Crippen LogP contribution in [0.3, 0.4) is 0 Å². The van der Waals surface area contributed by atoms with E-state index in [1.54, 1.807) is 12.3 Å². The van der Waals surface area contributed by atoms with Gasteiger partial charge in [0, 0.05) is 12.1 Å². The number of methoxy groups -OCH3 is 1. The SMILES string of the molecule is COc1c(Cl)ccnc1CNC(=O)C1CC1. The van der Waals surface area contributed by atoms with Gasteiger partial charge in [0.2, 0.25) is 5.91 Å². The normalized spacial score (nSPS) is 14.6. The van der Waals surface area contributed by atoms with Gasteiger partial charge in [-0.25, -0.2) is 0 Å². The van der Waals surface area contributed by atoms with Crippen LogP contribution in [-0.4, -0.2) is 18.0 Å². The largest absolute Gasteiger partial charge is 0.493 e. The standard InChI is InChI=1S/C11H13ClN2O2/c1-16-10-8(12)4-5-13-9(10)6-14-11(15)7-2-3-7/h4-5,7H,2-3,6H2,1H3,(H,14,15). The highest BCUT2D eigenvalue weighted by molar-refractivity contribution is 6.32. The molecule has 0 radical (unpaired) electrons. The molecule has 5 heteroatoms. The zero-order valence-corrected chi connectivity index (χ0v) is 9.75. The van der Waals surface area contributed by atoms with E-state index >= 15 is 0 Å². The second kappa shape index (κ2) is 4.70. The average molecular weight is 241 g/mol. The molecule has 0 aliphatic heterocycles. The molecule has 1 aromatic heterocycles. The summed E-state index contributed by atoms with van der Waals surface area (Å²) in [6, 6.07) is 1.66. The third-order valence-electron chi connectivity index (χ3n) is 2.51. The molecule has 0 spiro atoms. The number of pyridine rings is 1. The number of amides is 1. The summed E-state index contributed by atoms with van der Waals surface area (Å²) in [5, 5.41) is 3.33. The smallest absolute Gasteiger partial charge is 0.223 e. The third kappa shape index (κ3) is 2.44. The van der Waals surface area contributed by atoms with Crippen LogP contribution < -0.4 is 10.1 Å². The van der Waals surface area contributed by atoms with Crippen molar-refractivity contribution in [2.45, 2.75) is 19.4 Å². The predicted molar refractivity (Wildman–Crippen MR) is 60.4 cm³/mol. The van der Waals surface area contributed by atoms with E-state index in [0.29, 0.717) is 23.0 Å². The maximum atomic E-state index is 11.5. The molecular formula is C11H13ClN2O2. The number of hydrogen-bond donors (Lipinski definition) is 1. The van der Waals surface area contributed by atoms with Gasteiger partial charge in [0.25, 0.3) is 0 Å². The molecule has 86 valence electrons. The number of carbonyl (C=O) groups is 1. The molecule has 1 aliphatic rings. The highest BCUT2D eigenvalue weighted by Gasteiger charge is 2.29. The van der Waals surface area contributed by atoms with Crippen molar-refractivity contribution in [1.82, 2.24) is 10.3 Å². The summed E-state index contributed by atoms with van der Waals surface area (Å²) in [5.41, 5.74) is 0.656. The van der Waals surface area contributed by atoms with Gasteiger partial charge in [0.1, 0.15) is 5.69 Å². The van der Waals surface area contributed by atoms with Gasteiger partial charge in [-0.3, -0.25) is 9.78 Å². The summed E-state index contributed by atoms with van der Waals surface area (Å²) in [6.07, 6.45) is 3.58. The lowest BCUT2D eigenvalue weighted by atomic mass is 10.3. The zero-order valence-electron chi connectivity index (χ0n) is 9.00. The molecule has 1 aliphatic carbocycles. The number of rotatable bonds is 4. The van der Waals surface area contributed by atoms with Crippen molar-refractivity contribution in [2.75, 3.05) is 7.11 Å². The number of halogens is 1. The Balaban J connectivity index is 2.02. The van der Waals surface area contributed by atoms with Gasteiger partial charge < -0.3 is 10.1 Å². The number of nitrogens with zero attached hydrogens (tertiary/aromatic N) is 1. The van der Waals surface area contributed by atoms with Crippen LogP contribution in [0.4, 0.5) is 0 Å². The maximum Gasteiger partial charge on any atom is 0.223 e. The summed E-state index contributed by atoms with van der Waals surface area (Å²) < 4.78 is 5.14. The van der Waals surface area contributed by atoms with Crippen LogP contribution in [0.1, 0.15) is 18.5 Å². The van der Waals surface area contributed by atoms with Gasteiger partial charge in [-0.05, 0) is 18.9 Å². The molecule has 16 heavy (non-hydrogen) atoms. The van der Waals surface area contributed by atoms with Crippen LogP contribution in [0.5, 0.6) is 5.75 Å². The van der Waals surface area contributed by atoms with Crippen LogP contribution in [0.2, 0.25) is 5.02 Å². The zero-order chi connectivity index (χ0) is 11.5. The lowest BCUT2D eigenvalue weighted by molar-refractivity contribution is -0.122.